The number of hydrogen-bond donors (Lipinski definition) is 0. The Bertz CT molecular complexity index is 1120. The van der Waals surface area contributed by atoms with Crippen LogP contribution in [0.4, 0.5) is 0 Å². The highest BCUT2D eigenvalue weighted by Crippen LogP contribution is 2.38. The minimum absolute atomic E-state index is 0.196. The van der Waals surface area contributed by atoms with Crippen LogP contribution in [0.15, 0.2) is 46.0 Å². The third-order valence-corrected chi connectivity index (χ3v) is 3.90. The lowest BCUT2D eigenvalue weighted by Crippen LogP contribution is -2.32. The van der Waals surface area contributed by atoms with Crippen molar-refractivity contribution < 1.29 is 18.9 Å². The van der Waals surface area contributed by atoms with E-state index in [1.807, 2.05) is 19.9 Å². The number of nitrogens with zero attached hydrogens (tertiary/aromatic N) is 3. The van der Waals surface area contributed by atoms with Gasteiger partial charge in [0.15, 0.2) is 0 Å². The molecule has 0 N–H and O–H groups in total. The van der Waals surface area contributed by atoms with Gasteiger partial charge in [-0.1, -0.05) is 0 Å². The molecule has 8 nitrogen and oxygen atoms in total. The lowest BCUT2D eigenvalue weighted by molar-refractivity contribution is -0.131. The van der Waals surface area contributed by atoms with Crippen LogP contribution in [-0.2, 0) is 4.79 Å². The standard InChI is InChI=1S/C18H15N3O5/c1-10(22)24-11-4-5-21(17(23)6-11)15-9-18(2,3)25-16-8-14-13(7-12(15)16)19-26-20-14/h4-9H,1-3H3. The van der Waals surface area contributed by atoms with E-state index < -0.39 is 11.6 Å². The number of fused-ring (bicyclic) bond motifs is 2. The maximum atomic E-state index is 12.6. The fraction of sp³-hybridized carbons (Fsp3) is 0.222. The van der Waals surface area contributed by atoms with Crippen molar-refractivity contribution in [3.8, 4) is 11.5 Å². The summed E-state index contributed by atoms with van der Waals surface area (Å²) in [5.74, 6) is 0.286. The van der Waals surface area contributed by atoms with Crippen LogP contribution in [0.25, 0.3) is 16.7 Å². The average Bonchev–Trinajstić information content (AvgIpc) is 2.98. The summed E-state index contributed by atoms with van der Waals surface area (Å²) in [6.07, 6.45) is 3.41. The van der Waals surface area contributed by atoms with E-state index in [1.165, 1.54) is 17.6 Å². The molecule has 1 aliphatic rings. The summed E-state index contributed by atoms with van der Waals surface area (Å²) in [5, 5.41) is 7.67. The summed E-state index contributed by atoms with van der Waals surface area (Å²) < 4.78 is 17.2. The van der Waals surface area contributed by atoms with Gasteiger partial charge in [0.25, 0.3) is 5.56 Å². The molecular weight excluding hydrogens is 338 g/mol. The lowest BCUT2D eigenvalue weighted by atomic mass is 9.98. The van der Waals surface area contributed by atoms with Crippen LogP contribution in [0.1, 0.15) is 26.3 Å². The van der Waals surface area contributed by atoms with Crippen LogP contribution in [-0.4, -0.2) is 26.5 Å². The minimum Gasteiger partial charge on any atom is -0.483 e. The van der Waals surface area contributed by atoms with Gasteiger partial charge in [-0.25, -0.2) is 4.63 Å². The monoisotopic (exact) mass is 353 g/mol. The molecule has 0 atom stereocenters. The van der Waals surface area contributed by atoms with Gasteiger partial charge >= 0.3 is 5.97 Å². The second kappa shape index (κ2) is 5.55. The number of benzene rings is 1. The molecule has 0 spiro atoms. The molecule has 0 saturated carbocycles. The van der Waals surface area contributed by atoms with Gasteiger partial charge in [-0.05, 0) is 42.4 Å². The average molecular weight is 353 g/mol. The largest absolute Gasteiger partial charge is 0.483 e. The topological polar surface area (TPSA) is 96.5 Å². The second-order valence-electron chi connectivity index (χ2n) is 6.50. The SMILES string of the molecule is CC(=O)Oc1ccn(C2=CC(C)(C)Oc3cc4nonc4cc32)c(=O)c1. The van der Waals surface area contributed by atoms with Gasteiger partial charge in [0.05, 0.1) is 5.70 Å². The van der Waals surface area contributed by atoms with E-state index in [1.54, 1.807) is 24.4 Å². The molecule has 26 heavy (non-hydrogen) atoms. The smallest absolute Gasteiger partial charge is 0.308 e. The third-order valence-electron chi connectivity index (χ3n) is 3.90. The van der Waals surface area contributed by atoms with Crippen molar-refractivity contribution in [1.29, 1.82) is 0 Å². The summed E-state index contributed by atoms with van der Waals surface area (Å²) in [6, 6.07) is 6.31. The minimum atomic E-state index is -0.638. The summed E-state index contributed by atoms with van der Waals surface area (Å²) in [7, 11) is 0. The van der Waals surface area contributed by atoms with Crippen molar-refractivity contribution in [2.45, 2.75) is 26.4 Å². The van der Waals surface area contributed by atoms with Gasteiger partial charge < -0.3 is 9.47 Å². The predicted octanol–water partition coefficient (Wildman–Crippen LogP) is 2.37. The molecule has 0 aliphatic carbocycles. The van der Waals surface area contributed by atoms with Gasteiger partial charge in [-0.15, -0.1) is 0 Å². The lowest BCUT2D eigenvalue weighted by Gasteiger charge is -2.31. The Labute approximate surface area is 147 Å². The summed E-state index contributed by atoms with van der Waals surface area (Å²) in [5.41, 5.74) is 1.48. The predicted molar refractivity (Wildman–Crippen MR) is 91.9 cm³/mol. The number of rotatable bonds is 2. The summed E-state index contributed by atoms with van der Waals surface area (Å²) in [6.45, 7) is 5.06. The van der Waals surface area contributed by atoms with E-state index in [9.17, 15) is 9.59 Å². The first-order valence-corrected chi connectivity index (χ1v) is 7.92. The number of esters is 1. The molecule has 0 fully saturated rings. The fourth-order valence-electron chi connectivity index (χ4n) is 2.91. The van der Waals surface area contributed by atoms with Crippen LogP contribution in [0.5, 0.6) is 11.5 Å². The Morgan fingerprint density at radius 3 is 2.62 bits per heavy atom. The normalized spacial score (nSPS) is 15.1. The van der Waals surface area contributed by atoms with Gasteiger partial charge in [0.2, 0.25) is 0 Å². The highest BCUT2D eigenvalue weighted by molar-refractivity contribution is 5.85. The maximum absolute atomic E-state index is 12.6. The zero-order valence-electron chi connectivity index (χ0n) is 14.3. The molecule has 1 aliphatic heterocycles. The van der Waals surface area contributed by atoms with Gasteiger partial charge in [-0.3, -0.25) is 14.2 Å². The van der Waals surface area contributed by atoms with Crippen LogP contribution in [0.3, 0.4) is 0 Å². The second-order valence-corrected chi connectivity index (χ2v) is 6.50. The van der Waals surface area contributed by atoms with E-state index in [2.05, 4.69) is 10.3 Å². The van der Waals surface area contributed by atoms with Crippen molar-refractivity contribution >= 4 is 22.7 Å². The van der Waals surface area contributed by atoms with E-state index in [0.29, 0.717) is 28.0 Å². The first-order valence-electron chi connectivity index (χ1n) is 7.92. The third kappa shape index (κ3) is 2.75. The van der Waals surface area contributed by atoms with Crippen LogP contribution in [0, 0.1) is 0 Å². The Morgan fingerprint density at radius 1 is 1.19 bits per heavy atom. The van der Waals surface area contributed by atoms with E-state index in [4.69, 9.17) is 14.1 Å². The van der Waals surface area contributed by atoms with Gasteiger partial charge in [-0.2, -0.15) is 0 Å². The van der Waals surface area contributed by atoms with Crippen LogP contribution >= 0.6 is 0 Å². The van der Waals surface area contributed by atoms with E-state index >= 15 is 0 Å². The maximum Gasteiger partial charge on any atom is 0.308 e. The fourth-order valence-corrected chi connectivity index (χ4v) is 2.91. The highest BCUT2D eigenvalue weighted by atomic mass is 16.6. The Hall–Kier alpha value is -3.42. The molecule has 2 aromatic heterocycles. The number of ether oxygens (including phenoxy) is 2. The quantitative estimate of drug-likeness (QED) is 0.653. The van der Waals surface area contributed by atoms with Crippen molar-refractivity contribution in [1.82, 2.24) is 14.9 Å². The Morgan fingerprint density at radius 2 is 1.92 bits per heavy atom. The molecule has 4 rings (SSSR count). The van der Waals surface area contributed by atoms with Gasteiger partial charge in [0.1, 0.15) is 28.1 Å². The molecule has 132 valence electrons. The van der Waals surface area contributed by atoms with Crippen molar-refractivity contribution in [2.75, 3.05) is 0 Å². The number of carbonyl (C=O) groups excluding carboxylic acids is 1. The van der Waals surface area contributed by atoms with Crippen molar-refractivity contribution in [2.24, 2.45) is 0 Å². The number of pyridine rings is 1. The molecule has 0 radical (unpaired) electrons. The zero-order valence-corrected chi connectivity index (χ0v) is 14.3. The van der Waals surface area contributed by atoms with Gasteiger partial charge in [0, 0.05) is 30.8 Å². The molecule has 0 saturated heterocycles. The number of hydrogen-bond acceptors (Lipinski definition) is 7. The summed E-state index contributed by atoms with van der Waals surface area (Å²) >= 11 is 0. The molecule has 8 heteroatoms. The van der Waals surface area contributed by atoms with Crippen molar-refractivity contribution in [3.05, 3.63) is 52.5 Å². The molecule has 3 aromatic rings. The molecule has 3 heterocycles. The van der Waals surface area contributed by atoms with E-state index in [0.717, 1.165) is 0 Å². The number of carbonyl (C=O) groups is 1. The zero-order chi connectivity index (χ0) is 18.5. The molecular formula is C18H15N3O5. The molecule has 1 aromatic carbocycles. The first kappa shape index (κ1) is 16.1. The van der Waals surface area contributed by atoms with E-state index in [-0.39, 0.29) is 11.3 Å². The van der Waals surface area contributed by atoms with Crippen molar-refractivity contribution in [3.63, 3.8) is 0 Å². The Kier molecular flexibility index (Phi) is 3.43. The molecule has 0 bridgehead atoms. The Balaban J connectivity index is 1.89. The highest BCUT2D eigenvalue weighted by Gasteiger charge is 2.29. The van der Waals surface area contributed by atoms with Crippen LogP contribution in [0.2, 0.25) is 0 Å². The first-order chi connectivity index (χ1) is 12.3. The summed E-state index contributed by atoms with van der Waals surface area (Å²) in [4.78, 5) is 23.7. The molecule has 0 unspecified atom stereocenters. The number of aromatic nitrogens is 3. The van der Waals surface area contributed by atoms with Crippen LogP contribution < -0.4 is 15.0 Å². The molecule has 0 amide bonds.